The van der Waals surface area contributed by atoms with Crippen LogP contribution in [-0.2, 0) is 6.54 Å². The van der Waals surface area contributed by atoms with Crippen LogP contribution in [0.5, 0.6) is 5.75 Å². The van der Waals surface area contributed by atoms with Crippen molar-refractivity contribution in [1.82, 2.24) is 9.55 Å². The van der Waals surface area contributed by atoms with Crippen LogP contribution in [0.1, 0.15) is 20.8 Å². The Kier molecular flexibility index (Phi) is 4.10. The Labute approximate surface area is 114 Å². The summed E-state index contributed by atoms with van der Waals surface area (Å²) in [7, 11) is 0. The van der Waals surface area contributed by atoms with Gasteiger partial charge in [0.05, 0.1) is 12.9 Å². The van der Waals surface area contributed by atoms with Gasteiger partial charge in [0.2, 0.25) is 0 Å². The maximum atomic E-state index is 6.17. The van der Waals surface area contributed by atoms with E-state index < -0.39 is 0 Å². The number of rotatable bonds is 5. The highest BCUT2D eigenvalue weighted by atomic mass is 16.5. The van der Waals surface area contributed by atoms with Crippen LogP contribution < -0.4 is 10.5 Å². The van der Waals surface area contributed by atoms with Gasteiger partial charge in [0.1, 0.15) is 17.3 Å². The van der Waals surface area contributed by atoms with E-state index in [-0.39, 0.29) is 0 Å². The number of hydrogen-bond acceptors (Lipinski definition) is 3. The number of nitrogen functional groups attached to an aromatic ring is 1. The normalized spacial score (nSPS) is 10.9. The predicted molar refractivity (Wildman–Crippen MR) is 78.1 cm³/mol. The number of hydrogen-bond donors (Lipinski definition) is 1. The summed E-state index contributed by atoms with van der Waals surface area (Å²) in [5, 5.41) is 0. The van der Waals surface area contributed by atoms with Crippen molar-refractivity contribution in [3.05, 3.63) is 30.6 Å². The number of nitrogens with zero attached hydrogens (tertiary/aromatic N) is 2. The second kappa shape index (κ2) is 5.78. The zero-order chi connectivity index (χ0) is 13.8. The fourth-order valence-corrected chi connectivity index (χ4v) is 2.05. The monoisotopic (exact) mass is 259 g/mol. The van der Waals surface area contributed by atoms with E-state index in [0.29, 0.717) is 18.3 Å². The van der Waals surface area contributed by atoms with Crippen LogP contribution in [0.3, 0.4) is 0 Å². The second-order valence-corrected chi connectivity index (χ2v) is 4.99. The highest BCUT2D eigenvalue weighted by Crippen LogP contribution is 2.27. The van der Waals surface area contributed by atoms with Crippen molar-refractivity contribution in [2.24, 2.45) is 5.92 Å². The Hall–Kier alpha value is -1.97. The summed E-state index contributed by atoms with van der Waals surface area (Å²) in [5.41, 5.74) is 7.98. The van der Waals surface area contributed by atoms with Gasteiger partial charge in [-0.25, -0.2) is 4.98 Å². The molecule has 0 bridgehead atoms. The maximum Gasteiger partial charge on any atom is 0.131 e. The van der Waals surface area contributed by atoms with Gasteiger partial charge in [-0.2, -0.15) is 0 Å². The third kappa shape index (κ3) is 3.08. The van der Waals surface area contributed by atoms with Gasteiger partial charge in [-0.1, -0.05) is 26.0 Å². The first kappa shape index (κ1) is 13.5. The molecule has 2 rings (SSSR count). The zero-order valence-corrected chi connectivity index (χ0v) is 11.8. The minimum Gasteiger partial charge on any atom is -0.494 e. The minimum atomic E-state index is 0.541. The number of benzene rings is 1. The predicted octanol–water partition coefficient (Wildman–Crippen LogP) is 3.19. The lowest BCUT2D eigenvalue weighted by molar-refractivity contribution is 0.340. The highest BCUT2D eigenvalue weighted by molar-refractivity contribution is 5.71. The molecule has 0 amide bonds. The summed E-state index contributed by atoms with van der Waals surface area (Å²) in [6.07, 6.45) is 1.80. The molecule has 0 atom stereocenters. The van der Waals surface area contributed by atoms with Gasteiger partial charge in [-0.3, -0.25) is 0 Å². The Bertz CT molecular complexity index is 546. The minimum absolute atomic E-state index is 0.541. The molecule has 19 heavy (non-hydrogen) atoms. The Balaban J connectivity index is 2.31. The molecule has 0 saturated heterocycles. The third-order valence-corrected chi connectivity index (χ3v) is 2.86. The van der Waals surface area contributed by atoms with Crippen LogP contribution in [0.4, 0.5) is 5.82 Å². The van der Waals surface area contributed by atoms with E-state index in [4.69, 9.17) is 10.5 Å². The number of aromatic nitrogens is 2. The van der Waals surface area contributed by atoms with Crippen molar-refractivity contribution in [2.75, 3.05) is 12.3 Å². The summed E-state index contributed by atoms with van der Waals surface area (Å²) in [5.74, 6) is 2.10. The van der Waals surface area contributed by atoms with Crippen molar-refractivity contribution in [1.29, 1.82) is 0 Å². The summed E-state index contributed by atoms with van der Waals surface area (Å²) < 4.78 is 7.50. The van der Waals surface area contributed by atoms with Gasteiger partial charge < -0.3 is 15.0 Å². The smallest absolute Gasteiger partial charge is 0.131 e. The van der Waals surface area contributed by atoms with Crippen LogP contribution >= 0.6 is 0 Å². The molecule has 2 aromatic rings. The molecule has 0 spiro atoms. The second-order valence-electron chi connectivity index (χ2n) is 4.99. The van der Waals surface area contributed by atoms with E-state index in [2.05, 4.69) is 18.8 Å². The first-order valence-corrected chi connectivity index (χ1v) is 6.65. The molecule has 4 nitrogen and oxygen atoms in total. The zero-order valence-electron chi connectivity index (χ0n) is 11.8. The lowest BCUT2D eigenvalue weighted by atomic mass is 10.1. The van der Waals surface area contributed by atoms with Crippen molar-refractivity contribution < 1.29 is 4.74 Å². The van der Waals surface area contributed by atoms with Crippen LogP contribution in [0, 0.1) is 5.92 Å². The van der Waals surface area contributed by atoms with Gasteiger partial charge in [0.25, 0.3) is 0 Å². The van der Waals surface area contributed by atoms with Gasteiger partial charge >= 0.3 is 0 Å². The van der Waals surface area contributed by atoms with E-state index in [1.807, 2.05) is 35.8 Å². The maximum absolute atomic E-state index is 6.17. The first-order valence-electron chi connectivity index (χ1n) is 6.65. The Morgan fingerprint density at radius 2 is 2.16 bits per heavy atom. The Morgan fingerprint density at radius 1 is 1.37 bits per heavy atom. The number of ether oxygens (including phenoxy) is 1. The quantitative estimate of drug-likeness (QED) is 0.897. The summed E-state index contributed by atoms with van der Waals surface area (Å²) in [4.78, 5) is 4.42. The topological polar surface area (TPSA) is 53.1 Å². The lowest BCUT2D eigenvalue weighted by Gasteiger charge is -2.09. The fourth-order valence-electron chi connectivity index (χ4n) is 2.05. The van der Waals surface area contributed by atoms with E-state index in [9.17, 15) is 0 Å². The number of anilines is 1. The Morgan fingerprint density at radius 3 is 2.84 bits per heavy atom. The van der Waals surface area contributed by atoms with E-state index in [0.717, 1.165) is 23.6 Å². The summed E-state index contributed by atoms with van der Waals surface area (Å²) >= 11 is 0. The van der Waals surface area contributed by atoms with Crippen molar-refractivity contribution in [3.63, 3.8) is 0 Å². The highest BCUT2D eigenvalue weighted by Gasteiger charge is 2.11. The SMILES string of the molecule is CCOc1cccc(-c2ncn(CC(C)C)c2N)c1. The van der Waals surface area contributed by atoms with Crippen LogP contribution in [-0.4, -0.2) is 16.2 Å². The lowest BCUT2D eigenvalue weighted by Crippen LogP contribution is -2.06. The number of imidazole rings is 1. The molecule has 1 heterocycles. The summed E-state index contributed by atoms with van der Waals surface area (Å²) in [6, 6.07) is 7.87. The molecule has 0 aliphatic carbocycles. The van der Waals surface area contributed by atoms with Crippen molar-refractivity contribution >= 4 is 5.82 Å². The van der Waals surface area contributed by atoms with Crippen LogP contribution in [0.25, 0.3) is 11.3 Å². The molecule has 4 heteroatoms. The average molecular weight is 259 g/mol. The average Bonchev–Trinajstić information content (AvgIpc) is 2.71. The van der Waals surface area contributed by atoms with E-state index in [1.54, 1.807) is 6.33 Å². The van der Waals surface area contributed by atoms with Crippen molar-refractivity contribution in [3.8, 4) is 17.0 Å². The van der Waals surface area contributed by atoms with Gasteiger partial charge in [0, 0.05) is 12.1 Å². The molecule has 0 radical (unpaired) electrons. The fraction of sp³-hybridized carbons (Fsp3) is 0.400. The molecule has 0 saturated carbocycles. The van der Waals surface area contributed by atoms with Crippen molar-refractivity contribution in [2.45, 2.75) is 27.3 Å². The molecular weight excluding hydrogens is 238 g/mol. The molecule has 1 aromatic heterocycles. The molecule has 0 unspecified atom stereocenters. The van der Waals surface area contributed by atoms with Gasteiger partial charge in [0.15, 0.2) is 0 Å². The van der Waals surface area contributed by atoms with E-state index >= 15 is 0 Å². The first-order chi connectivity index (χ1) is 9.11. The van der Waals surface area contributed by atoms with E-state index in [1.165, 1.54) is 0 Å². The van der Waals surface area contributed by atoms with Crippen LogP contribution in [0.15, 0.2) is 30.6 Å². The standard InChI is InChI=1S/C15H21N3O/c1-4-19-13-7-5-6-12(8-13)14-15(16)18(10-17-14)9-11(2)3/h5-8,10-11H,4,9,16H2,1-3H3. The largest absolute Gasteiger partial charge is 0.494 e. The molecular formula is C15H21N3O. The molecule has 0 aliphatic heterocycles. The molecule has 0 aliphatic rings. The molecule has 102 valence electrons. The molecule has 1 aromatic carbocycles. The van der Waals surface area contributed by atoms with Gasteiger partial charge in [-0.05, 0) is 25.0 Å². The third-order valence-electron chi connectivity index (χ3n) is 2.86. The molecule has 0 fully saturated rings. The molecule has 2 N–H and O–H groups in total. The van der Waals surface area contributed by atoms with Crippen LogP contribution in [0.2, 0.25) is 0 Å². The van der Waals surface area contributed by atoms with Gasteiger partial charge in [-0.15, -0.1) is 0 Å². The summed E-state index contributed by atoms with van der Waals surface area (Å²) in [6.45, 7) is 7.83. The number of nitrogens with two attached hydrogens (primary N) is 1.